The molecule has 0 spiro atoms. The van der Waals surface area contributed by atoms with Crippen molar-refractivity contribution in [1.29, 1.82) is 0 Å². The van der Waals surface area contributed by atoms with Crippen LogP contribution >= 0.6 is 0 Å². The highest BCUT2D eigenvalue weighted by molar-refractivity contribution is 5.68. The third kappa shape index (κ3) is 7.09. The molecule has 0 N–H and O–H groups in total. The minimum Gasteiger partial charge on any atom is -0.493 e. The number of fused-ring (bicyclic) bond motifs is 1. The van der Waals surface area contributed by atoms with Crippen LogP contribution in [0.3, 0.4) is 0 Å². The summed E-state index contributed by atoms with van der Waals surface area (Å²) in [5.41, 5.74) is 0.898. The van der Waals surface area contributed by atoms with Crippen LogP contribution in [0.5, 0.6) is 5.75 Å². The fourth-order valence-corrected chi connectivity index (χ4v) is 5.36. The Morgan fingerprint density at radius 1 is 1.00 bits per heavy atom. The Hall–Kier alpha value is -1.83. The van der Waals surface area contributed by atoms with Crippen LogP contribution in [0.15, 0.2) is 24.3 Å². The van der Waals surface area contributed by atoms with E-state index in [0.29, 0.717) is 12.0 Å². The van der Waals surface area contributed by atoms with E-state index in [1.54, 1.807) is 0 Å². The first-order chi connectivity index (χ1) is 16.3. The predicted molar refractivity (Wildman–Crippen MR) is 135 cm³/mol. The molecule has 3 saturated heterocycles. The van der Waals surface area contributed by atoms with Crippen molar-refractivity contribution in [3.63, 3.8) is 0 Å². The molecule has 7 heteroatoms. The quantitative estimate of drug-likeness (QED) is 0.631. The van der Waals surface area contributed by atoms with E-state index >= 15 is 0 Å². The van der Waals surface area contributed by atoms with E-state index in [9.17, 15) is 4.79 Å². The van der Waals surface area contributed by atoms with Crippen LogP contribution in [-0.2, 0) is 11.3 Å². The first kappa shape index (κ1) is 25.3. The zero-order valence-electron chi connectivity index (χ0n) is 21.7. The van der Waals surface area contributed by atoms with Crippen molar-refractivity contribution in [2.45, 2.75) is 58.7 Å². The molecule has 7 nitrogen and oxygen atoms in total. The van der Waals surface area contributed by atoms with Gasteiger partial charge in [0.25, 0.3) is 0 Å². The smallest absolute Gasteiger partial charge is 0.410 e. The third-order valence-corrected chi connectivity index (χ3v) is 7.36. The van der Waals surface area contributed by atoms with Crippen LogP contribution in [0, 0.1) is 5.92 Å². The first-order valence-electron chi connectivity index (χ1n) is 13.2. The molecule has 3 fully saturated rings. The molecule has 34 heavy (non-hydrogen) atoms. The molecule has 2 atom stereocenters. The number of carbonyl (C=O) groups is 1. The van der Waals surface area contributed by atoms with E-state index < -0.39 is 5.60 Å². The predicted octanol–water partition coefficient (Wildman–Crippen LogP) is 3.53. The van der Waals surface area contributed by atoms with Crippen LogP contribution in [0.2, 0.25) is 0 Å². The van der Waals surface area contributed by atoms with Gasteiger partial charge in [0.1, 0.15) is 11.4 Å². The van der Waals surface area contributed by atoms with E-state index in [-0.39, 0.29) is 6.09 Å². The van der Waals surface area contributed by atoms with Gasteiger partial charge in [0.05, 0.1) is 6.61 Å². The number of benzene rings is 1. The lowest BCUT2D eigenvalue weighted by molar-refractivity contribution is -0.0122. The number of rotatable bonds is 6. The van der Waals surface area contributed by atoms with Gasteiger partial charge in [-0.2, -0.15) is 0 Å². The largest absolute Gasteiger partial charge is 0.493 e. The maximum Gasteiger partial charge on any atom is 0.410 e. The Bertz CT molecular complexity index is 803. The van der Waals surface area contributed by atoms with Gasteiger partial charge in [-0.1, -0.05) is 19.1 Å². The fourth-order valence-electron chi connectivity index (χ4n) is 5.36. The average Bonchev–Trinajstić information content (AvgIpc) is 2.82. The first-order valence-corrected chi connectivity index (χ1v) is 13.2. The molecule has 1 aromatic carbocycles. The summed E-state index contributed by atoms with van der Waals surface area (Å²) >= 11 is 0. The highest BCUT2D eigenvalue weighted by Crippen LogP contribution is 2.27. The van der Waals surface area contributed by atoms with Crippen LogP contribution in [0.25, 0.3) is 0 Å². The van der Waals surface area contributed by atoms with Crippen molar-refractivity contribution in [3.05, 3.63) is 29.8 Å². The van der Waals surface area contributed by atoms with Crippen LogP contribution < -0.4 is 4.74 Å². The summed E-state index contributed by atoms with van der Waals surface area (Å²) in [6, 6.07) is 9.09. The van der Waals surface area contributed by atoms with Crippen LogP contribution in [0.1, 0.15) is 46.1 Å². The molecule has 0 saturated carbocycles. The summed E-state index contributed by atoms with van der Waals surface area (Å²) in [6.45, 7) is 19.0. The topological polar surface area (TPSA) is 48.5 Å². The molecule has 1 amide bonds. The molecule has 0 unspecified atom stereocenters. The van der Waals surface area contributed by atoms with Gasteiger partial charge in [-0.3, -0.25) is 9.80 Å². The molecule has 3 aliphatic rings. The zero-order chi connectivity index (χ0) is 24.1. The van der Waals surface area contributed by atoms with E-state index in [1.807, 2.05) is 25.7 Å². The second-order valence-electron chi connectivity index (χ2n) is 11.2. The van der Waals surface area contributed by atoms with Gasteiger partial charge in [0.2, 0.25) is 0 Å². The van der Waals surface area contributed by atoms with Gasteiger partial charge >= 0.3 is 6.09 Å². The number of likely N-dealkylation sites (N-methyl/N-ethyl adjacent to an activating group) is 1. The highest BCUT2D eigenvalue weighted by atomic mass is 16.6. The Morgan fingerprint density at radius 3 is 2.50 bits per heavy atom. The fraction of sp³-hybridized carbons (Fsp3) is 0.741. The van der Waals surface area contributed by atoms with Crippen molar-refractivity contribution in [2.24, 2.45) is 5.92 Å². The summed E-state index contributed by atoms with van der Waals surface area (Å²) in [5, 5.41) is 0. The molecule has 0 aromatic heterocycles. The molecule has 190 valence electrons. The van der Waals surface area contributed by atoms with Crippen molar-refractivity contribution < 1.29 is 14.3 Å². The second kappa shape index (κ2) is 11.3. The number of amides is 1. The number of piperazine rings is 2. The highest BCUT2D eigenvalue weighted by Gasteiger charge is 2.36. The Labute approximate surface area is 206 Å². The molecule has 0 aliphatic carbocycles. The van der Waals surface area contributed by atoms with Crippen LogP contribution in [-0.4, -0.2) is 103 Å². The van der Waals surface area contributed by atoms with E-state index in [1.165, 1.54) is 18.7 Å². The number of nitrogens with zero attached hydrogens (tertiary/aromatic N) is 4. The summed E-state index contributed by atoms with van der Waals surface area (Å²) in [7, 11) is 0. The van der Waals surface area contributed by atoms with Gasteiger partial charge in [-0.15, -0.1) is 0 Å². The summed E-state index contributed by atoms with van der Waals surface area (Å²) in [6.07, 6.45) is 2.08. The maximum atomic E-state index is 12.5. The van der Waals surface area contributed by atoms with E-state index in [4.69, 9.17) is 9.47 Å². The summed E-state index contributed by atoms with van der Waals surface area (Å²) in [4.78, 5) is 21.9. The van der Waals surface area contributed by atoms with Crippen molar-refractivity contribution in [1.82, 2.24) is 19.6 Å². The molecule has 3 aliphatic heterocycles. The Balaban J connectivity index is 1.21. The summed E-state index contributed by atoms with van der Waals surface area (Å²) < 4.78 is 11.8. The number of carbonyl (C=O) groups excluding carboxylic acids is 1. The molecule has 0 radical (unpaired) electrons. The Morgan fingerprint density at radius 2 is 1.76 bits per heavy atom. The van der Waals surface area contributed by atoms with Gasteiger partial charge < -0.3 is 19.3 Å². The molecule has 4 rings (SSSR count). The van der Waals surface area contributed by atoms with Gasteiger partial charge in [0.15, 0.2) is 0 Å². The monoisotopic (exact) mass is 472 g/mol. The van der Waals surface area contributed by atoms with Crippen molar-refractivity contribution in [3.8, 4) is 5.75 Å². The number of hydrogen-bond donors (Lipinski definition) is 0. The van der Waals surface area contributed by atoms with E-state index in [0.717, 1.165) is 77.6 Å². The number of hydrogen-bond acceptors (Lipinski definition) is 6. The lowest BCUT2D eigenvalue weighted by Gasteiger charge is -2.46. The minimum atomic E-state index is -0.440. The van der Waals surface area contributed by atoms with Crippen molar-refractivity contribution in [2.75, 3.05) is 65.5 Å². The second-order valence-corrected chi connectivity index (χ2v) is 11.2. The minimum absolute atomic E-state index is 0.176. The maximum absolute atomic E-state index is 12.5. The lowest BCUT2D eigenvalue weighted by Crippen LogP contribution is -2.58. The normalized spacial score (nSPS) is 25.1. The standard InChI is InChI=1S/C27H44N4O3/c1-5-28-11-13-29(14-12-28)18-22-7-6-8-25(17-22)33-21-23-9-10-24-20-31(16-15-30(24)19-23)26(32)34-27(2,3)4/h6-8,17,23-24H,5,9-16,18-21H2,1-4H3/t23-,24-/m1/s1. The molecular formula is C27H44N4O3. The lowest BCUT2D eigenvalue weighted by atomic mass is 9.91. The Kier molecular flexibility index (Phi) is 8.38. The van der Waals surface area contributed by atoms with Gasteiger partial charge in [-0.25, -0.2) is 4.79 Å². The van der Waals surface area contributed by atoms with Gasteiger partial charge in [0, 0.05) is 70.9 Å². The molecule has 3 heterocycles. The SMILES string of the molecule is CCN1CCN(Cc2cccc(OC[C@@H]3CC[C@@H]4CN(C(=O)OC(C)(C)C)CCN4C3)c2)CC1. The molecular weight excluding hydrogens is 428 g/mol. The average molecular weight is 473 g/mol. The summed E-state index contributed by atoms with van der Waals surface area (Å²) in [5.74, 6) is 1.52. The number of ether oxygens (including phenoxy) is 2. The van der Waals surface area contributed by atoms with E-state index in [2.05, 4.69) is 45.9 Å². The van der Waals surface area contributed by atoms with Crippen molar-refractivity contribution >= 4 is 6.09 Å². The third-order valence-electron chi connectivity index (χ3n) is 7.36. The van der Waals surface area contributed by atoms with Crippen LogP contribution in [0.4, 0.5) is 4.79 Å². The molecule has 1 aromatic rings. The molecule has 0 bridgehead atoms. The zero-order valence-corrected chi connectivity index (χ0v) is 21.7. The van der Waals surface area contributed by atoms with Gasteiger partial charge in [-0.05, 0) is 57.9 Å². The number of piperidine rings is 1.